The van der Waals surface area contributed by atoms with Crippen LogP contribution in [0.15, 0.2) is 91.0 Å². The third kappa shape index (κ3) is 2.54. The number of halogens is 4. The zero-order valence-electron chi connectivity index (χ0n) is 14.4. The van der Waals surface area contributed by atoms with Crippen molar-refractivity contribution in [2.75, 3.05) is 0 Å². The predicted octanol–water partition coefficient (Wildman–Crippen LogP) is 5.02. The maximum absolute atomic E-state index is 16.4. The second kappa shape index (κ2) is 6.45. The van der Waals surface area contributed by atoms with E-state index >= 15 is 4.39 Å². The predicted molar refractivity (Wildman–Crippen MR) is 103 cm³/mol. The van der Waals surface area contributed by atoms with Crippen molar-refractivity contribution >= 4 is 23.2 Å². The van der Waals surface area contributed by atoms with E-state index in [-0.39, 0.29) is 0 Å². The lowest BCUT2D eigenvalue weighted by molar-refractivity contribution is -0.202. The second-order valence-electron chi connectivity index (χ2n) is 6.80. The van der Waals surface area contributed by atoms with Gasteiger partial charge in [-0.3, -0.25) is 0 Å². The normalized spacial score (nSPS) is 24.2. The largest absolute Gasteiger partial charge is 0.292 e. The Balaban J connectivity index is 2.09. The van der Waals surface area contributed by atoms with Crippen LogP contribution in [0.2, 0.25) is 0 Å². The Kier molecular flexibility index (Phi) is 4.35. The molecule has 27 heavy (non-hydrogen) atoms. The van der Waals surface area contributed by atoms with Crippen LogP contribution in [-0.2, 0) is 0 Å². The van der Waals surface area contributed by atoms with Gasteiger partial charge in [0, 0.05) is 0 Å². The van der Waals surface area contributed by atoms with Gasteiger partial charge < -0.3 is 0 Å². The van der Waals surface area contributed by atoms with Crippen molar-refractivity contribution in [1.82, 2.24) is 0 Å². The van der Waals surface area contributed by atoms with Crippen LogP contribution in [0, 0.1) is 0 Å². The van der Waals surface area contributed by atoms with Crippen LogP contribution < -0.4 is 15.9 Å². The summed E-state index contributed by atoms with van der Waals surface area (Å²) < 4.78 is 59.0. The first-order chi connectivity index (χ1) is 12.9. The van der Waals surface area contributed by atoms with Gasteiger partial charge in [-0.05, 0) is 36.4 Å². The molecule has 0 heterocycles. The summed E-state index contributed by atoms with van der Waals surface area (Å²) in [5.41, 5.74) is 0. The smallest absolute Gasteiger partial charge is 0.233 e. The molecule has 138 valence electrons. The summed E-state index contributed by atoms with van der Waals surface area (Å²) >= 11 is 0. The first kappa shape index (κ1) is 18.2. The molecule has 3 aromatic rings. The van der Waals surface area contributed by atoms with Crippen molar-refractivity contribution < 1.29 is 17.6 Å². The highest BCUT2D eigenvalue weighted by atomic mass is 31.2. The van der Waals surface area contributed by atoms with Crippen molar-refractivity contribution in [2.45, 2.75) is 23.9 Å². The molecule has 0 aromatic heterocycles. The molecule has 0 N–H and O–H groups in total. The van der Waals surface area contributed by atoms with Gasteiger partial charge in [-0.2, -0.15) is 4.39 Å². The summed E-state index contributed by atoms with van der Waals surface area (Å²) in [6.07, 6.45) is -3.97. The molecule has 5 heteroatoms. The minimum atomic E-state index is -3.65. The van der Waals surface area contributed by atoms with Gasteiger partial charge in [-0.15, -0.1) is 0 Å². The summed E-state index contributed by atoms with van der Waals surface area (Å²) in [6.45, 7) is 0. The summed E-state index contributed by atoms with van der Waals surface area (Å²) in [4.78, 5) is 0. The number of benzene rings is 3. The average Bonchev–Trinajstić information content (AvgIpc) is 2.70. The SMILES string of the molecule is FC1C(F)(F)CC1(F)[P+](c1ccccc1)(c1ccccc1)c1ccccc1. The molecule has 1 fully saturated rings. The van der Waals surface area contributed by atoms with Crippen LogP contribution in [0.1, 0.15) is 6.42 Å². The molecule has 0 radical (unpaired) electrons. The molecule has 4 rings (SSSR count). The third-order valence-corrected chi connectivity index (χ3v) is 9.95. The highest BCUT2D eigenvalue weighted by Gasteiger charge is 2.82. The lowest BCUT2D eigenvalue weighted by atomic mass is 9.89. The quantitative estimate of drug-likeness (QED) is 0.434. The van der Waals surface area contributed by atoms with Gasteiger partial charge in [0.1, 0.15) is 15.9 Å². The molecule has 0 bridgehead atoms. The number of rotatable bonds is 4. The van der Waals surface area contributed by atoms with Crippen LogP contribution >= 0.6 is 7.26 Å². The molecule has 2 atom stereocenters. The Morgan fingerprint density at radius 1 is 0.630 bits per heavy atom. The fraction of sp³-hybridized carbons (Fsp3) is 0.182. The summed E-state index contributed by atoms with van der Waals surface area (Å²) in [6, 6.07) is 26.1. The van der Waals surface area contributed by atoms with Gasteiger partial charge in [0.15, 0.2) is 7.26 Å². The van der Waals surface area contributed by atoms with Gasteiger partial charge in [-0.25, -0.2) is 13.2 Å². The van der Waals surface area contributed by atoms with Crippen molar-refractivity contribution in [1.29, 1.82) is 0 Å². The van der Waals surface area contributed by atoms with E-state index in [9.17, 15) is 13.2 Å². The van der Waals surface area contributed by atoms with E-state index in [1.165, 1.54) is 0 Å². The lowest BCUT2D eigenvalue weighted by Crippen LogP contribution is -2.66. The fourth-order valence-corrected chi connectivity index (χ4v) is 9.05. The van der Waals surface area contributed by atoms with Crippen molar-refractivity contribution in [3.05, 3.63) is 91.0 Å². The Morgan fingerprint density at radius 2 is 0.963 bits per heavy atom. The van der Waals surface area contributed by atoms with E-state index in [1.54, 1.807) is 91.0 Å². The average molecular weight is 389 g/mol. The van der Waals surface area contributed by atoms with Gasteiger partial charge in [0.05, 0.1) is 6.42 Å². The Labute approximate surface area is 156 Å². The number of alkyl halides is 4. The van der Waals surface area contributed by atoms with Crippen molar-refractivity contribution in [2.24, 2.45) is 0 Å². The molecular weight excluding hydrogens is 371 g/mol. The second-order valence-corrected chi connectivity index (χ2v) is 10.4. The summed E-state index contributed by atoms with van der Waals surface area (Å²) in [5.74, 6) is -3.65. The topological polar surface area (TPSA) is 0 Å². The molecule has 0 saturated heterocycles. The highest BCUT2D eigenvalue weighted by Crippen LogP contribution is 2.76. The van der Waals surface area contributed by atoms with Crippen LogP contribution in [-0.4, -0.2) is 17.5 Å². The van der Waals surface area contributed by atoms with Crippen LogP contribution in [0.5, 0.6) is 0 Å². The van der Waals surface area contributed by atoms with Crippen LogP contribution in [0.3, 0.4) is 0 Å². The Morgan fingerprint density at radius 3 is 1.22 bits per heavy atom. The standard InChI is InChI=1S/C22H18F4P/c23-20-21(24,25)16-22(20,26)27(17-10-4-1-5-11-17,18-12-6-2-7-13-18)19-14-8-3-9-15-19/h1-15,20H,16H2/q+1. The van der Waals surface area contributed by atoms with E-state index in [2.05, 4.69) is 0 Å². The molecule has 0 aliphatic heterocycles. The molecule has 1 saturated carbocycles. The van der Waals surface area contributed by atoms with Gasteiger partial charge in [0.2, 0.25) is 6.17 Å². The first-order valence-electron chi connectivity index (χ1n) is 8.70. The highest BCUT2D eigenvalue weighted by molar-refractivity contribution is 7.96. The van der Waals surface area contributed by atoms with Gasteiger partial charge >= 0.3 is 0 Å². The molecule has 1 aliphatic carbocycles. The lowest BCUT2D eigenvalue weighted by Gasteiger charge is -2.49. The van der Waals surface area contributed by atoms with Crippen LogP contribution in [0.25, 0.3) is 0 Å². The maximum atomic E-state index is 16.4. The zero-order valence-corrected chi connectivity index (χ0v) is 15.3. The molecule has 0 nitrogen and oxygen atoms in total. The van der Waals surface area contributed by atoms with E-state index in [0.29, 0.717) is 15.9 Å². The zero-order chi connectivity index (χ0) is 19.1. The minimum absolute atomic E-state index is 0.558. The van der Waals surface area contributed by atoms with E-state index in [0.717, 1.165) is 0 Å². The number of hydrogen-bond acceptors (Lipinski definition) is 0. The number of hydrogen-bond donors (Lipinski definition) is 0. The maximum Gasteiger partial charge on any atom is 0.292 e. The van der Waals surface area contributed by atoms with E-state index < -0.39 is 31.2 Å². The summed E-state index contributed by atoms with van der Waals surface area (Å²) in [5, 5.41) is -0.991. The molecule has 0 amide bonds. The van der Waals surface area contributed by atoms with E-state index in [4.69, 9.17) is 0 Å². The molecule has 1 aliphatic rings. The van der Waals surface area contributed by atoms with Crippen molar-refractivity contribution in [3.63, 3.8) is 0 Å². The van der Waals surface area contributed by atoms with Crippen molar-refractivity contribution in [3.8, 4) is 0 Å². The fourth-order valence-electron chi connectivity index (χ4n) is 4.04. The molecule has 3 aromatic carbocycles. The monoisotopic (exact) mass is 389 g/mol. The van der Waals surface area contributed by atoms with Gasteiger partial charge in [0.25, 0.3) is 11.3 Å². The Bertz CT molecular complexity index is 818. The van der Waals surface area contributed by atoms with Gasteiger partial charge in [-0.1, -0.05) is 54.6 Å². The summed E-state index contributed by atoms with van der Waals surface area (Å²) in [7, 11) is -3.33. The third-order valence-electron chi connectivity index (χ3n) is 5.23. The Hall–Kier alpha value is -2.19. The molecule has 2 unspecified atom stereocenters. The first-order valence-corrected chi connectivity index (χ1v) is 10.5. The molecular formula is C22H18F4P+. The minimum Gasteiger partial charge on any atom is -0.233 e. The molecule has 0 spiro atoms. The van der Waals surface area contributed by atoms with Crippen LogP contribution in [0.4, 0.5) is 17.6 Å². The van der Waals surface area contributed by atoms with E-state index in [1.807, 2.05) is 0 Å².